The van der Waals surface area contributed by atoms with Crippen LogP contribution in [-0.2, 0) is 19.7 Å². The fraction of sp³-hybridized carbons (Fsp3) is 0.375. The Balaban J connectivity index is 2.19. The van der Waals surface area contributed by atoms with Gasteiger partial charge in [0.25, 0.3) is 5.91 Å². The lowest BCUT2D eigenvalue weighted by Gasteiger charge is -2.30. The zero-order valence-corrected chi connectivity index (χ0v) is 18.0. The van der Waals surface area contributed by atoms with Crippen LogP contribution in [0.15, 0.2) is 48.5 Å². The summed E-state index contributed by atoms with van der Waals surface area (Å²) in [4.78, 5) is 39.8. The molecule has 2 aromatic carbocycles. The van der Waals surface area contributed by atoms with Crippen LogP contribution in [0.25, 0.3) is 0 Å². The SMILES string of the molecule is COc1ccc([C@]2(CCC(C)=O)C(=O)N(C(=O)OC(C)(C)C)c3ccccc32)cc1. The number of imide groups is 1. The highest BCUT2D eigenvalue weighted by atomic mass is 16.6. The van der Waals surface area contributed by atoms with Crippen LogP contribution in [0, 0.1) is 0 Å². The highest BCUT2D eigenvalue weighted by molar-refractivity contribution is 6.22. The molecule has 158 valence electrons. The van der Waals surface area contributed by atoms with Gasteiger partial charge in [0.2, 0.25) is 0 Å². The lowest BCUT2D eigenvalue weighted by Crippen LogP contribution is -2.46. The molecule has 2 aromatic rings. The highest BCUT2D eigenvalue weighted by Crippen LogP contribution is 2.49. The number of amides is 2. The molecule has 30 heavy (non-hydrogen) atoms. The first-order chi connectivity index (χ1) is 14.1. The van der Waals surface area contributed by atoms with E-state index in [9.17, 15) is 14.4 Å². The number of hydrogen-bond acceptors (Lipinski definition) is 5. The quantitative estimate of drug-likeness (QED) is 0.720. The van der Waals surface area contributed by atoms with Gasteiger partial charge in [-0.3, -0.25) is 4.79 Å². The van der Waals surface area contributed by atoms with E-state index in [2.05, 4.69) is 0 Å². The first-order valence-electron chi connectivity index (χ1n) is 9.91. The number of rotatable bonds is 5. The average molecular weight is 409 g/mol. The van der Waals surface area contributed by atoms with Gasteiger partial charge < -0.3 is 14.3 Å². The van der Waals surface area contributed by atoms with Crippen molar-refractivity contribution in [1.82, 2.24) is 0 Å². The van der Waals surface area contributed by atoms with Crippen LogP contribution in [0.1, 0.15) is 51.7 Å². The zero-order valence-electron chi connectivity index (χ0n) is 18.0. The van der Waals surface area contributed by atoms with Crippen LogP contribution >= 0.6 is 0 Å². The van der Waals surface area contributed by atoms with Crippen molar-refractivity contribution >= 4 is 23.5 Å². The number of fused-ring (bicyclic) bond motifs is 1. The summed E-state index contributed by atoms with van der Waals surface area (Å²) in [5, 5.41) is 0. The maximum atomic E-state index is 13.9. The summed E-state index contributed by atoms with van der Waals surface area (Å²) in [7, 11) is 1.57. The molecule has 2 amide bonds. The van der Waals surface area contributed by atoms with Gasteiger partial charge in [0.15, 0.2) is 0 Å². The van der Waals surface area contributed by atoms with E-state index in [4.69, 9.17) is 9.47 Å². The molecule has 0 saturated carbocycles. The van der Waals surface area contributed by atoms with Gasteiger partial charge >= 0.3 is 6.09 Å². The Morgan fingerprint density at radius 3 is 2.23 bits per heavy atom. The summed E-state index contributed by atoms with van der Waals surface area (Å²) in [6.45, 7) is 6.76. The van der Waals surface area contributed by atoms with E-state index >= 15 is 0 Å². The molecular weight excluding hydrogens is 382 g/mol. The Labute approximate surface area is 176 Å². The molecule has 0 unspecified atom stereocenters. The molecule has 1 atom stereocenters. The standard InChI is InChI=1S/C24H27NO5/c1-16(26)14-15-24(17-10-12-18(29-5)13-11-17)19-8-6-7-9-20(19)25(21(24)27)22(28)30-23(2,3)4/h6-13H,14-15H2,1-5H3/t24-/m0/s1. The number of ketones is 1. The zero-order chi connectivity index (χ0) is 22.1. The van der Waals surface area contributed by atoms with Gasteiger partial charge in [0, 0.05) is 6.42 Å². The van der Waals surface area contributed by atoms with Crippen molar-refractivity contribution in [3.05, 3.63) is 59.7 Å². The van der Waals surface area contributed by atoms with Crippen molar-refractivity contribution in [2.75, 3.05) is 12.0 Å². The topological polar surface area (TPSA) is 72.9 Å². The lowest BCUT2D eigenvalue weighted by atomic mass is 9.72. The summed E-state index contributed by atoms with van der Waals surface area (Å²) in [6, 6.07) is 14.3. The third-order valence-corrected chi connectivity index (χ3v) is 5.18. The van der Waals surface area contributed by atoms with E-state index in [1.165, 1.54) is 6.92 Å². The first-order valence-corrected chi connectivity index (χ1v) is 9.91. The number of anilines is 1. The molecule has 0 radical (unpaired) electrons. The fourth-order valence-electron chi connectivity index (χ4n) is 3.84. The van der Waals surface area contributed by atoms with Crippen molar-refractivity contribution in [2.24, 2.45) is 0 Å². The minimum absolute atomic E-state index is 0.0242. The molecule has 0 saturated heterocycles. The van der Waals surface area contributed by atoms with Crippen LogP contribution in [0.5, 0.6) is 5.75 Å². The average Bonchev–Trinajstić information content (AvgIpc) is 2.94. The van der Waals surface area contributed by atoms with Crippen molar-refractivity contribution in [3.8, 4) is 5.75 Å². The second kappa shape index (κ2) is 7.94. The number of ether oxygens (including phenoxy) is 2. The molecule has 0 aliphatic carbocycles. The molecule has 0 aromatic heterocycles. The Bertz CT molecular complexity index is 974. The molecule has 0 N–H and O–H groups in total. The van der Waals surface area contributed by atoms with E-state index in [0.29, 0.717) is 22.6 Å². The minimum Gasteiger partial charge on any atom is -0.497 e. The van der Waals surface area contributed by atoms with Gasteiger partial charge in [0.05, 0.1) is 12.8 Å². The Kier molecular flexibility index (Phi) is 5.70. The van der Waals surface area contributed by atoms with Crippen molar-refractivity contribution < 1.29 is 23.9 Å². The lowest BCUT2D eigenvalue weighted by molar-refractivity contribution is -0.122. The van der Waals surface area contributed by atoms with E-state index in [0.717, 1.165) is 4.90 Å². The highest BCUT2D eigenvalue weighted by Gasteiger charge is 2.54. The monoisotopic (exact) mass is 409 g/mol. The normalized spacial score (nSPS) is 18.2. The number of hydrogen-bond donors (Lipinski definition) is 0. The van der Waals surface area contributed by atoms with Crippen LogP contribution < -0.4 is 9.64 Å². The van der Waals surface area contributed by atoms with Crippen LogP contribution in [-0.4, -0.2) is 30.5 Å². The summed E-state index contributed by atoms with van der Waals surface area (Å²) in [5.41, 5.74) is -0.0425. The summed E-state index contributed by atoms with van der Waals surface area (Å²) in [5.74, 6) is 0.219. The van der Waals surface area contributed by atoms with Gasteiger partial charge in [0.1, 0.15) is 22.5 Å². The van der Waals surface area contributed by atoms with Crippen LogP contribution in [0.4, 0.5) is 10.5 Å². The minimum atomic E-state index is -1.16. The van der Waals surface area contributed by atoms with Gasteiger partial charge in [-0.2, -0.15) is 0 Å². The van der Waals surface area contributed by atoms with E-state index < -0.39 is 23.0 Å². The summed E-state index contributed by atoms with van der Waals surface area (Å²) >= 11 is 0. The second-order valence-corrected chi connectivity index (χ2v) is 8.47. The number of Topliss-reactive ketones (excluding diaryl/α,β-unsaturated/α-hetero) is 1. The Morgan fingerprint density at radius 2 is 1.67 bits per heavy atom. The van der Waals surface area contributed by atoms with E-state index in [1.807, 2.05) is 24.3 Å². The molecule has 0 spiro atoms. The number of carbonyl (C=O) groups is 3. The van der Waals surface area contributed by atoms with Gasteiger partial charge in [-0.1, -0.05) is 30.3 Å². The molecule has 0 bridgehead atoms. The van der Waals surface area contributed by atoms with Gasteiger partial charge in [-0.05, 0) is 63.4 Å². The Hall–Kier alpha value is -3.15. The maximum Gasteiger partial charge on any atom is 0.421 e. The molecule has 1 heterocycles. The predicted molar refractivity (Wildman–Crippen MR) is 114 cm³/mol. The molecular formula is C24H27NO5. The summed E-state index contributed by atoms with van der Waals surface area (Å²) < 4.78 is 10.8. The van der Waals surface area contributed by atoms with Crippen molar-refractivity contribution in [2.45, 2.75) is 51.6 Å². The molecule has 1 aliphatic heterocycles. The molecule has 0 fully saturated rings. The number of nitrogens with zero attached hydrogens (tertiary/aromatic N) is 1. The number of methoxy groups -OCH3 is 1. The second-order valence-electron chi connectivity index (χ2n) is 8.47. The third kappa shape index (κ3) is 3.82. The number of para-hydroxylation sites is 1. The molecule has 6 heteroatoms. The number of benzene rings is 2. The van der Waals surface area contributed by atoms with Crippen molar-refractivity contribution in [1.29, 1.82) is 0 Å². The summed E-state index contributed by atoms with van der Waals surface area (Å²) in [6.07, 6.45) is -0.268. The Morgan fingerprint density at radius 1 is 1.03 bits per heavy atom. The van der Waals surface area contributed by atoms with Crippen LogP contribution in [0.2, 0.25) is 0 Å². The number of carbonyl (C=O) groups excluding carboxylic acids is 3. The molecule has 3 rings (SSSR count). The van der Waals surface area contributed by atoms with E-state index in [-0.39, 0.29) is 18.6 Å². The molecule has 6 nitrogen and oxygen atoms in total. The third-order valence-electron chi connectivity index (χ3n) is 5.18. The van der Waals surface area contributed by atoms with Crippen LogP contribution in [0.3, 0.4) is 0 Å². The maximum absolute atomic E-state index is 13.9. The first kappa shape index (κ1) is 21.6. The fourth-order valence-corrected chi connectivity index (χ4v) is 3.84. The largest absolute Gasteiger partial charge is 0.497 e. The smallest absolute Gasteiger partial charge is 0.421 e. The van der Waals surface area contributed by atoms with Crippen molar-refractivity contribution in [3.63, 3.8) is 0 Å². The predicted octanol–water partition coefficient (Wildman–Crippen LogP) is 4.63. The van der Waals surface area contributed by atoms with Gasteiger partial charge in [-0.25, -0.2) is 9.69 Å². The van der Waals surface area contributed by atoms with Gasteiger partial charge in [-0.15, -0.1) is 0 Å². The van der Waals surface area contributed by atoms with E-state index in [1.54, 1.807) is 52.1 Å². The molecule has 1 aliphatic rings.